The molecule has 1 heterocycles. The van der Waals surface area contributed by atoms with Crippen LogP contribution in [0.15, 0.2) is 24.3 Å². The second-order valence-corrected chi connectivity index (χ2v) is 4.40. The number of nitrogens with zero attached hydrogens (tertiary/aromatic N) is 1. The van der Waals surface area contributed by atoms with Crippen LogP contribution < -0.4 is 15.8 Å². The Morgan fingerprint density at radius 3 is 3.11 bits per heavy atom. The van der Waals surface area contributed by atoms with Gasteiger partial charge in [0, 0.05) is 31.4 Å². The molecular weight excluding hydrogens is 230 g/mol. The maximum atomic E-state index is 11.2. The summed E-state index contributed by atoms with van der Waals surface area (Å²) in [5.41, 5.74) is 6.37. The number of amides is 1. The van der Waals surface area contributed by atoms with Gasteiger partial charge in [0.2, 0.25) is 5.91 Å². The Labute approximate surface area is 107 Å². The molecule has 2 rings (SSSR count). The van der Waals surface area contributed by atoms with Gasteiger partial charge >= 0.3 is 0 Å². The van der Waals surface area contributed by atoms with Crippen LogP contribution in [0.4, 0.5) is 5.69 Å². The number of nitrogens with two attached hydrogens (primary N) is 1. The van der Waals surface area contributed by atoms with Crippen molar-refractivity contribution in [3.05, 3.63) is 24.3 Å². The molecule has 1 aromatic rings. The van der Waals surface area contributed by atoms with Crippen molar-refractivity contribution >= 4 is 11.6 Å². The van der Waals surface area contributed by atoms with Gasteiger partial charge < -0.3 is 15.8 Å². The molecule has 3 N–H and O–H groups in total. The number of benzene rings is 1. The van der Waals surface area contributed by atoms with Crippen molar-refractivity contribution in [1.82, 2.24) is 10.2 Å². The quantitative estimate of drug-likeness (QED) is 0.588. The molecule has 1 aliphatic rings. The van der Waals surface area contributed by atoms with Gasteiger partial charge in [-0.1, -0.05) is 6.07 Å². The van der Waals surface area contributed by atoms with Crippen LogP contribution in [0.3, 0.4) is 0 Å². The molecular formula is C13H19N3O2. The third-order valence-electron chi connectivity index (χ3n) is 2.86. The van der Waals surface area contributed by atoms with E-state index < -0.39 is 0 Å². The summed E-state index contributed by atoms with van der Waals surface area (Å²) in [6.45, 7) is 3.69. The van der Waals surface area contributed by atoms with Crippen LogP contribution in [-0.4, -0.2) is 43.6 Å². The molecule has 1 aliphatic heterocycles. The smallest absolute Gasteiger partial charge is 0.234 e. The molecule has 1 saturated heterocycles. The van der Waals surface area contributed by atoms with Crippen LogP contribution in [0.2, 0.25) is 0 Å². The van der Waals surface area contributed by atoms with Gasteiger partial charge in [-0.15, -0.1) is 0 Å². The van der Waals surface area contributed by atoms with Gasteiger partial charge in [-0.05, 0) is 18.6 Å². The van der Waals surface area contributed by atoms with E-state index in [1.54, 1.807) is 0 Å². The van der Waals surface area contributed by atoms with Gasteiger partial charge in [0.15, 0.2) is 0 Å². The van der Waals surface area contributed by atoms with Crippen LogP contribution in [-0.2, 0) is 4.79 Å². The molecule has 18 heavy (non-hydrogen) atoms. The first-order valence-electron chi connectivity index (χ1n) is 6.21. The van der Waals surface area contributed by atoms with Crippen LogP contribution >= 0.6 is 0 Å². The zero-order chi connectivity index (χ0) is 12.8. The van der Waals surface area contributed by atoms with Crippen LogP contribution in [0.1, 0.15) is 6.42 Å². The summed E-state index contributed by atoms with van der Waals surface area (Å²) in [5.74, 6) is 0.907. The predicted molar refractivity (Wildman–Crippen MR) is 70.4 cm³/mol. The average molecular weight is 249 g/mol. The van der Waals surface area contributed by atoms with Crippen molar-refractivity contribution in [2.75, 3.05) is 38.5 Å². The lowest BCUT2D eigenvalue weighted by atomic mass is 10.3. The summed E-state index contributed by atoms with van der Waals surface area (Å²) < 4.78 is 5.60. The molecule has 1 amide bonds. The third kappa shape index (κ3) is 3.92. The monoisotopic (exact) mass is 249 g/mol. The highest BCUT2D eigenvalue weighted by atomic mass is 16.5. The number of anilines is 1. The minimum atomic E-state index is 0.109. The molecule has 0 atom stereocenters. The summed E-state index contributed by atoms with van der Waals surface area (Å²) in [4.78, 5) is 13.3. The number of piperazine rings is 1. The molecule has 98 valence electrons. The van der Waals surface area contributed by atoms with Gasteiger partial charge in [0.05, 0.1) is 13.2 Å². The summed E-state index contributed by atoms with van der Waals surface area (Å²) in [6.07, 6.45) is 0.905. The van der Waals surface area contributed by atoms with E-state index in [-0.39, 0.29) is 5.91 Å². The lowest BCUT2D eigenvalue weighted by Crippen LogP contribution is -2.47. The summed E-state index contributed by atoms with van der Waals surface area (Å²) in [6, 6.07) is 7.41. The summed E-state index contributed by atoms with van der Waals surface area (Å²) in [7, 11) is 0. The van der Waals surface area contributed by atoms with Crippen molar-refractivity contribution < 1.29 is 9.53 Å². The Morgan fingerprint density at radius 1 is 1.44 bits per heavy atom. The topological polar surface area (TPSA) is 67.6 Å². The van der Waals surface area contributed by atoms with Gasteiger partial charge in [-0.25, -0.2) is 0 Å². The number of hydrogen-bond donors (Lipinski definition) is 2. The second-order valence-electron chi connectivity index (χ2n) is 4.40. The highest BCUT2D eigenvalue weighted by molar-refractivity contribution is 5.78. The fourth-order valence-corrected chi connectivity index (χ4v) is 1.96. The Balaban J connectivity index is 1.65. The van der Waals surface area contributed by atoms with Gasteiger partial charge in [-0.3, -0.25) is 9.69 Å². The lowest BCUT2D eigenvalue weighted by molar-refractivity contribution is -0.124. The van der Waals surface area contributed by atoms with E-state index in [0.29, 0.717) is 18.8 Å². The predicted octanol–water partition coefficient (Wildman–Crippen LogP) is 0.470. The number of hydrogen-bond acceptors (Lipinski definition) is 4. The number of carbonyl (C=O) groups excluding carboxylic acids is 1. The van der Waals surface area contributed by atoms with Crippen molar-refractivity contribution in [1.29, 1.82) is 0 Å². The largest absolute Gasteiger partial charge is 0.493 e. The summed E-state index contributed by atoms with van der Waals surface area (Å²) in [5, 5.41) is 2.81. The molecule has 1 aromatic carbocycles. The number of carbonyl (C=O) groups is 1. The van der Waals surface area contributed by atoms with Crippen molar-refractivity contribution in [2.24, 2.45) is 0 Å². The van der Waals surface area contributed by atoms with E-state index in [2.05, 4.69) is 10.2 Å². The molecule has 0 aliphatic carbocycles. The number of rotatable bonds is 5. The van der Waals surface area contributed by atoms with Crippen molar-refractivity contribution in [3.63, 3.8) is 0 Å². The maximum Gasteiger partial charge on any atom is 0.234 e. The number of ether oxygens (including phenoxy) is 1. The molecule has 0 radical (unpaired) electrons. The number of nitrogen functional groups attached to an aromatic ring is 1. The molecule has 1 fully saturated rings. The van der Waals surface area contributed by atoms with Gasteiger partial charge in [0.25, 0.3) is 0 Å². The highest BCUT2D eigenvalue weighted by Crippen LogP contribution is 2.14. The first kappa shape index (κ1) is 12.7. The highest BCUT2D eigenvalue weighted by Gasteiger charge is 2.14. The van der Waals surface area contributed by atoms with Crippen LogP contribution in [0.25, 0.3) is 0 Å². The average Bonchev–Trinajstić information content (AvgIpc) is 2.35. The van der Waals surface area contributed by atoms with Gasteiger partial charge in [-0.2, -0.15) is 0 Å². The molecule has 5 heteroatoms. The van der Waals surface area contributed by atoms with E-state index >= 15 is 0 Å². The molecule has 0 unspecified atom stereocenters. The zero-order valence-electron chi connectivity index (χ0n) is 10.4. The Kier molecular flexibility index (Phi) is 4.41. The Bertz CT molecular complexity index is 409. The zero-order valence-corrected chi connectivity index (χ0v) is 10.4. The molecule has 0 bridgehead atoms. The van der Waals surface area contributed by atoms with E-state index in [4.69, 9.17) is 10.5 Å². The fraction of sp³-hybridized carbons (Fsp3) is 0.462. The summed E-state index contributed by atoms with van der Waals surface area (Å²) >= 11 is 0. The second kappa shape index (κ2) is 6.26. The third-order valence-corrected chi connectivity index (χ3v) is 2.86. The molecule has 5 nitrogen and oxygen atoms in total. The standard InChI is InChI=1S/C13H19N3O2/c14-11-3-1-4-12(9-11)18-8-2-6-16-7-5-15-13(17)10-16/h1,3-4,9H,2,5-8,10,14H2,(H,15,17). The van der Waals surface area contributed by atoms with Crippen molar-refractivity contribution in [3.8, 4) is 5.75 Å². The van der Waals surface area contributed by atoms with Gasteiger partial charge in [0.1, 0.15) is 5.75 Å². The van der Waals surface area contributed by atoms with Crippen LogP contribution in [0.5, 0.6) is 5.75 Å². The van der Waals surface area contributed by atoms with Crippen molar-refractivity contribution in [2.45, 2.75) is 6.42 Å². The molecule has 0 aromatic heterocycles. The van der Waals surface area contributed by atoms with E-state index in [1.807, 2.05) is 24.3 Å². The minimum Gasteiger partial charge on any atom is -0.493 e. The first-order valence-corrected chi connectivity index (χ1v) is 6.21. The molecule has 0 spiro atoms. The van der Waals surface area contributed by atoms with E-state index in [1.165, 1.54) is 0 Å². The fourth-order valence-electron chi connectivity index (χ4n) is 1.96. The van der Waals surface area contributed by atoms with E-state index in [9.17, 15) is 4.79 Å². The maximum absolute atomic E-state index is 11.2. The normalized spacial score (nSPS) is 16.3. The molecule has 0 saturated carbocycles. The Morgan fingerprint density at radius 2 is 2.33 bits per heavy atom. The SMILES string of the molecule is Nc1cccc(OCCCN2CCNC(=O)C2)c1. The lowest BCUT2D eigenvalue weighted by Gasteiger charge is -2.26. The van der Waals surface area contributed by atoms with E-state index in [0.717, 1.165) is 31.8 Å². The first-order chi connectivity index (χ1) is 8.74. The minimum absolute atomic E-state index is 0.109. The number of nitrogens with one attached hydrogen (secondary N) is 1. The Hall–Kier alpha value is -1.75. The van der Waals surface area contributed by atoms with Crippen LogP contribution in [0, 0.1) is 0 Å².